The molecule has 1 N–H and O–H groups in total. The number of hydrogen-bond donors (Lipinski definition) is 1. The van der Waals surface area contributed by atoms with Crippen LogP contribution in [0.4, 0.5) is 4.39 Å². The van der Waals surface area contributed by atoms with Crippen LogP contribution in [-0.4, -0.2) is 20.6 Å². The predicted molar refractivity (Wildman–Crippen MR) is 77.0 cm³/mol. The molecule has 0 bridgehead atoms. The van der Waals surface area contributed by atoms with Crippen molar-refractivity contribution in [3.05, 3.63) is 33.5 Å². The molecular weight excluding hydrogens is 461 g/mol. The molecule has 1 aromatic carbocycles. The third-order valence-corrected chi connectivity index (χ3v) is 4.07. The zero-order chi connectivity index (χ0) is 14.1. The molecule has 1 amide bonds. The molecular formula is C9H7Br3FNO3S. The standard InChI is InChI=1S/C9H7Br3FNO3S/c1-18(16,17)14-9(15)5-2-6(10)4(8(11)12)3-7(5)13/h2-3,8H,1H3,(H,14,15). The van der Waals surface area contributed by atoms with E-state index in [1.165, 1.54) is 6.07 Å². The van der Waals surface area contributed by atoms with Crippen LogP contribution in [0.25, 0.3) is 0 Å². The number of rotatable bonds is 3. The van der Waals surface area contributed by atoms with Gasteiger partial charge < -0.3 is 0 Å². The van der Waals surface area contributed by atoms with Gasteiger partial charge in [-0.3, -0.25) is 4.79 Å². The average molecular weight is 468 g/mol. The number of amides is 1. The number of carbonyl (C=O) groups is 1. The molecule has 0 atom stereocenters. The van der Waals surface area contributed by atoms with Gasteiger partial charge in [-0.1, -0.05) is 47.8 Å². The van der Waals surface area contributed by atoms with Gasteiger partial charge >= 0.3 is 0 Å². The van der Waals surface area contributed by atoms with Gasteiger partial charge in [-0.15, -0.1) is 0 Å². The predicted octanol–water partition coefficient (Wildman–Crippen LogP) is 3.07. The highest BCUT2D eigenvalue weighted by molar-refractivity contribution is 9.24. The highest BCUT2D eigenvalue weighted by Gasteiger charge is 2.19. The van der Waals surface area contributed by atoms with Crippen molar-refractivity contribution in [1.82, 2.24) is 4.72 Å². The molecule has 0 spiro atoms. The lowest BCUT2D eigenvalue weighted by molar-refractivity contribution is 0.0977. The monoisotopic (exact) mass is 465 g/mol. The molecule has 9 heteroatoms. The minimum absolute atomic E-state index is 0.291. The van der Waals surface area contributed by atoms with Gasteiger partial charge in [-0.05, 0) is 17.7 Å². The Bertz CT molecular complexity index is 589. The van der Waals surface area contributed by atoms with Crippen LogP contribution in [0.1, 0.15) is 19.7 Å². The van der Waals surface area contributed by atoms with Crippen LogP contribution in [0.5, 0.6) is 0 Å². The molecule has 0 aromatic heterocycles. The van der Waals surface area contributed by atoms with Crippen LogP contribution in [0, 0.1) is 5.82 Å². The van der Waals surface area contributed by atoms with E-state index in [1.54, 1.807) is 4.72 Å². The Morgan fingerprint density at radius 2 is 1.94 bits per heavy atom. The van der Waals surface area contributed by atoms with Crippen LogP contribution in [0.3, 0.4) is 0 Å². The van der Waals surface area contributed by atoms with Crippen LogP contribution in [0.15, 0.2) is 16.6 Å². The van der Waals surface area contributed by atoms with Crippen LogP contribution < -0.4 is 4.72 Å². The van der Waals surface area contributed by atoms with E-state index < -0.39 is 21.7 Å². The topological polar surface area (TPSA) is 63.2 Å². The third kappa shape index (κ3) is 4.29. The van der Waals surface area contributed by atoms with Crippen LogP contribution in [-0.2, 0) is 10.0 Å². The van der Waals surface area contributed by atoms with Gasteiger partial charge in [-0.2, -0.15) is 0 Å². The smallest absolute Gasteiger partial charge is 0.267 e. The van der Waals surface area contributed by atoms with Gasteiger partial charge in [0.25, 0.3) is 5.91 Å². The maximum Gasteiger partial charge on any atom is 0.267 e. The maximum atomic E-state index is 13.7. The summed E-state index contributed by atoms with van der Waals surface area (Å²) in [4.78, 5) is 11.5. The van der Waals surface area contributed by atoms with E-state index in [1.807, 2.05) is 0 Å². The fourth-order valence-corrected chi connectivity index (χ4v) is 3.52. The number of hydrogen-bond acceptors (Lipinski definition) is 3. The number of carbonyl (C=O) groups excluding carboxylic acids is 1. The first-order valence-electron chi connectivity index (χ1n) is 4.41. The van der Waals surface area contributed by atoms with Crippen molar-refractivity contribution in [1.29, 1.82) is 0 Å². The lowest BCUT2D eigenvalue weighted by Crippen LogP contribution is -2.30. The first-order chi connectivity index (χ1) is 8.11. The minimum atomic E-state index is -3.73. The van der Waals surface area contributed by atoms with E-state index in [0.717, 1.165) is 12.3 Å². The molecule has 0 aliphatic carbocycles. The molecule has 0 saturated carbocycles. The van der Waals surface area contributed by atoms with Crippen molar-refractivity contribution in [2.75, 3.05) is 6.26 Å². The van der Waals surface area contributed by atoms with Gasteiger partial charge in [-0.25, -0.2) is 17.5 Å². The summed E-state index contributed by atoms with van der Waals surface area (Å²) in [7, 11) is -3.73. The average Bonchev–Trinajstić information content (AvgIpc) is 2.17. The van der Waals surface area contributed by atoms with Gasteiger partial charge in [0.05, 0.1) is 15.6 Å². The highest BCUT2D eigenvalue weighted by Crippen LogP contribution is 2.35. The number of alkyl halides is 2. The summed E-state index contributed by atoms with van der Waals surface area (Å²) < 4.78 is 37.4. The second-order valence-electron chi connectivity index (χ2n) is 3.36. The first kappa shape index (κ1) is 16.1. The quantitative estimate of drug-likeness (QED) is 0.695. The van der Waals surface area contributed by atoms with Gasteiger partial charge in [0.2, 0.25) is 10.0 Å². The van der Waals surface area contributed by atoms with Gasteiger partial charge in [0.15, 0.2) is 0 Å². The SMILES string of the molecule is CS(=O)(=O)NC(=O)c1cc(Br)c(C(Br)Br)cc1F. The van der Waals surface area contributed by atoms with E-state index in [4.69, 9.17) is 0 Å². The van der Waals surface area contributed by atoms with Crippen molar-refractivity contribution in [2.24, 2.45) is 0 Å². The molecule has 1 aromatic rings. The summed E-state index contributed by atoms with van der Waals surface area (Å²) in [5, 5.41) is 0. The van der Waals surface area contributed by atoms with Crippen molar-refractivity contribution >= 4 is 63.7 Å². The zero-order valence-electron chi connectivity index (χ0n) is 8.88. The molecule has 0 radical (unpaired) electrons. The molecule has 100 valence electrons. The molecule has 0 aliphatic rings. The van der Waals surface area contributed by atoms with E-state index >= 15 is 0 Å². The maximum absolute atomic E-state index is 13.7. The summed E-state index contributed by atoms with van der Waals surface area (Å²) in [6.07, 6.45) is 0.819. The highest BCUT2D eigenvalue weighted by atomic mass is 79.9. The fourth-order valence-electron chi connectivity index (χ4n) is 1.13. The second-order valence-corrected chi connectivity index (χ2v) is 9.02. The Balaban J connectivity index is 3.20. The van der Waals surface area contributed by atoms with E-state index in [0.29, 0.717) is 10.0 Å². The molecule has 0 aliphatic heterocycles. The Hall–Kier alpha value is 0.01000. The summed E-state index contributed by atoms with van der Waals surface area (Å²) in [5.74, 6) is -1.82. The van der Waals surface area contributed by atoms with Crippen molar-refractivity contribution < 1.29 is 17.6 Å². The van der Waals surface area contributed by atoms with E-state index in [9.17, 15) is 17.6 Å². The number of nitrogens with one attached hydrogen (secondary N) is 1. The number of sulfonamides is 1. The van der Waals surface area contributed by atoms with E-state index in [2.05, 4.69) is 47.8 Å². The van der Waals surface area contributed by atoms with Gasteiger partial charge in [0, 0.05) is 4.47 Å². The molecule has 0 unspecified atom stereocenters. The Kier molecular flexibility index (Phi) is 5.33. The summed E-state index contributed by atoms with van der Waals surface area (Å²) in [6, 6.07) is 2.36. The minimum Gasteiger partial charge on any atom is -0.268 e. The Morgan fingerprint density at radius 3 is 2.39 bits per heavy atom. The first-order valence-corrected chi connectivity index (χ1v) is 8.92. The van der Waals surface area contributed by atoms with Crippen LogP contribution >= 0.6 is 47.8 Å². The Morgan fingerprint density at radius 1 is 1.39 bits per heavy atom. The molecule has 18 heavy (non-hydrogen) atoms. The lowest BCUT2D eigenvalue weighted by Gasteiger charge is -2.09. The largest absolute Gasteiger partial charge is 0.268 e. The number of halogens is 4. The van der Waals surface area contributed by atoms with Crippen molar-refractivity contribution in [3.8, 4) is 0 Å². The molecule has 0 heterocycles. The summed E-state index contributed by atoms with van der Waals surface area (Å²) in [6.45, 7) is 0. The fraction of sp³-hybridized carbons (Fsp3) is 0.222. The third-order valence-electron chi connectivity index (χ3n) is 1.84. The molecule has 0 saturated heterocycles. The summed E-state index contributed by atoms with van der Waals surface area (Å²) >= 11 is 9.58. The second kappa shape index (κ2) is 5.98. The van der Waals surface area contributed by atoms with Gasteiger partial charge in [0.1, 0.15) is 5.82 Å². The molecule has 0 fully saturated rings. The zero-order valence-corrected chi connectivity index (χ0v) is 14.5. The summed E-state index contributed by atoms with van der Waals surface area (Å²) in [5.41, 5.74) is 0.195. The Labute approximate surface area is 129 Å². The molecule has 1 rings (SSSR count). The molecule has 4 nitrogen and oxygen atoms in total. The van der Waals surface area contributed by atoms with Crippen LogP contribution in [0.2, 0.25) is 0 Å². The number of benzene rings is 1. The van der Waals surface area contributed by atoms with Crippen molar-refractivity contribution in [2.45, 2.75) is 3.74 Å². The lowest BCUT2D eigenvalue weighted by atomic mass is 10.1. The van der Waals surface area contributed by atoms with Crippen molar-refractivity contribution in [3.63, 3.8) is 0 Å². The van der Waals surface area contributed by atoms with E-state index in [-0.39, 0.29) is 9.30 Å². The normalized spacial score (nSPS) is 11.7.